The summed E-state index contributed by atoms with van der Waals surface area (Å²) < 4.78 is 20.1. The van der Waals surface area contributed by atoms with E-state index in [0.29, 0.717) is 25.0 Å². The van der Waals surface area contributed by atoms with Crippen LogP contribution in [0.1, 0.15) is 45.1 Å². The zero-order valence-corrected chi connectivity index (χ0v) is 12.8. The molecule has 2 atom stereocenters. The van der Waals surface area contributed by atoms with Crippen LogP contribution in [-0.4, -0.2) is 28.5 Å². The fourth-order valence-electron chi connectivity index (χ4n) is 2.27. The number of hydrogen-bond donors (Lipinski definition) is 0. The van der Waals surface area contributed by atoms with Crippen LogP contribution >= 0.6 is 0 Å². The zero-order valence-electron chi connectivity index (χ0n) is 12.8. The maximum absolute atomic E-state index is 13.9. The molecule has 1 unspecified atom stereocenters. The van der Waals surface area contributed by atoms with Gasteiger partial charge in [-0.25, -0.2) is 4.68 Å². The van der Waals surface area contributed by atoms with Crippen LogP contribution in [0.3, 0.4) is 0 Å². The predicted octanol–water partition coefficient (Wildman–Crippen LogP) is 2.06. The molecule has 1 aromatic heterocycles. The van der Waals surface area contributed by atoms with E-state index in [4.69, 9.17) is 14.3 Å². The summed E-state index contributed by atoms with van der Waals surface area (Å²) in [6.45, 7) is 5.98. The van der Waals surface area contributed by atoms with Crippen LogP contribution in [0.25, 0.3) is 0 Å². The summed E-state index contributed by atoms with van der Waals surface area (Å²) in [4.78, 5) is 28.1. The molecule has 0 N–H and O–H groups in total. The van der Waals surface area contributed by atoms with Crippen LogP contribution in [0.2, 0.25) is 0 Å². The molecule has 0 aromatic carbocycles. The fourth-order valence-corrected chi connectivity index (χ4v) is 2.27. The molecule has 6 nitrogen and oxygen atoms in total. The van der Waals surface area contributed by atoms with E-state index in [1.165, 1.54) is 10.9 Å². The molecule has 118 valence electrons. The summed E-state index contributed by atoms with van der Waals surface area (Å²) in [5, 5.41) is 3.90. The number of halogens is 1. The Morgan fingerprint density at radius 3 is 2.29 bits per heavy atom. The Morgan fingerprint density at radius 2 is 1.95 bits per heavy atom. The van der Waals surface area contributed by atoms with Gasteiger partial charge in [0.1, 0.15) is 0 Å². The molecule has 1 rings (SSSR count). The van der Waals surface area contributed by atoms with E-state index >= 15 is 0 Å². The summed E-state index contributed by atoms with van der Waals surface area (Å²) in [5.74, 6) is -1.11. The highest BCUT2D eigenvalue weighted by atomic mass is 19.1. The van der Waals surface area contributed by atoms with Gasteiger partial charge >= 0.3 is 12.1 Å². The second kappa shape index (κ2) is 9.83. The van der Waals surface area contributed by atoms with Gasteiger partial charge in [0.05, 0.1) is 18.7 Å². The quantitative estimate of drug-likeness (QED) is 0.751. The molecule has 0 saturated carbocycles. The van der Waals surface area contributed by atoms with Gasteiger partial charge in [-0.15, -0.1) is 0 Å². The number of aryl methyl sites for hydroxylation is 1. The summed E-state index contributed by atoms with van der Waals surface area (Å²) in [5.41, 5.74) is 0.500. The van der Waals surface area contributed by atoms with Gasteiger partial charge in [0.2, 0.25) is 5.95 Å². The van der Waals surface area contributed by atoms with Crippen LogP contribution in [0.5, 0.6) is 0 Å². The van der Waals surface area contributed by atoms with Gasteiger partial charge < -0.3 is 4.74 Å². The van der Waals surface area contributed by atoms with Crippen molar-refractivity contribution in [1.29, 1.82) is 0 Å². The lowest BCUT2D eigenvalue weighted by molar-refractivity contribution is -0.191. The van der Waals surface area contributed by atoms with Gasteiger partial charge in [0.15, 0.2) is 0 Å². The molecule has 0 spiro atoms. The Morgan fingerprint density at radius 1 is 1.38 bits per heavy atom. The first-order valence-corrected chi connectivity index (χ1v) is 6.81. The van der Waals surface area contributed by atoms with Crippen molar-refractivity contribution >= 4 is 12.1 Å². The lowest BCUT2D eigenvalue weighted by Gasteiger charge is -2.22. The van der Waals surface area contributed by atoms with Gasteiger partial charge in [-0.1, -0.05) is 13.8 Å². The first-order chi connectivity index (χ1) is 9.98. The molecule has 21 heavy (non-hydrogen) atoms. The van der Waals surface area contributed by atoms with Crippen molar-refractivity contribution in [2.75, 3.05) is 6.61 Å². The summed E-state index contributed by atoms with van der Waals surface area (Å²) >= 11 is 0. The molecule has 0 fully saturated rings. The summed E-state index contributed by atoms with van der Waals surface area (Å²) in [6.07, 6.45) is 3.07. The van der Waals surface area contributed by atoms with Crippen LogP contribution in [0, 0.1) is 11.9 Å². The maximum atomic E-state index is 13.9. The first-order valence-electron chi connectivity index (χ1n) is 6.81. The van der Waals surface area contributed by atoms with E-state index in [1.54, 1.807) is 14.0 Å². The monoisotopic (exact) mass is 300 g/mol. The van der Waals surface area contributed by atoms with Crippen molar-refractivity contribution in [3.63, 3.8) is 0 Å². The SMILES string of the molecule is CCOC(=O)C(CC)[C@H](CC)c1cnn(C)c1F.O=C=O. The largest absolute Gasteiger partial charge is 0.466 e. The zero-order chi connectivity index (χ0) is 16.4. The molecule has 0 amide bonds. The Bertz CT molecular complexity index is 481. The Balaban J connectivity index is 0.00000122. The summed E-state index contributed by atoms with van der Waals surface area (Å²) in [6, 6.07) is 0. The molecule has 7 heteroatoms. The van der Waals surface area contributed by atoms with Crippen molar-refractivity contribution < 1.29 is 23.5 Å². The van der Waals surface area contributed by atoms with Gasteiger partial charge in [-0.05, 0) is 19.8 Å². The highest BCUT2D eigenvalue weighted by Crippen LogP contribution is 2.32. The molecule has 0 radical (unpaired) electrons. The topological polar surface area (TPSA) is 78.3 Å². The van der Waals surface area contributed by atoms with Crippen molar-refractivity contribution in [1.82, 2.24) is 9.78 Å². The van der Waals surface area contributed by atoms with Crippen molar-refractivity contribution in [2.24, 2.45) is 13.0 Å². The van der Waals surface area contributed by atoms with E-state index < -0.39 is 0 Å². The Labute approximate surface area is 123 Å². The number of ether oxygens (including phenoxy) is 1. The average Bonchev–Trinajstić information content (AvgIpc) is 2.77. The van der Waals surface area contributed by atoms with E-state index in [2.05, 4.69) is 5.10 Å². The van der Waals surface area contributed by atoms with E-state index in [9.17, 15) is 9.18 Å². The number of carbonyl (C=O) groups is 1. The fraction of sp³-hybridized carbons (Fsp3) is 0.643. The minimum absolute atomic E-state index is 0.178. The second-order valence-corrected chi connectivity index (χ2v) is 4.38. The van der Waals surface area contributed by atoms with Crippen molar-refractivity contribution in [2.45, 2.75) is 39.5 Å². The molecule has 1 heterocycles. The summed E-state index contributed by atoms with van der Waals surface area (Å²) in [7, 11) is 1.55. The number of carbonyl (C=O) groups excluding carboxylic acids is 3. The number of hydrogen-bond acceptors (Lipinski definition) is 5. The highest BCUT2D eigenvalue weighted by molar-refractivity contribution is 5.73. The Hall–Kier alpha value is -2.01. The van der Waals surface area contributed by atoms with Crippen LogP contribution in [0.15, 0.2) is 6.20 Å². The normalized spacial score (nSPS) is 12.6. The smallest absolute Gasteiger partial charge is 0.373 e. The first kappa shape index (κ1) is 19.0. The average molecular weight is 300 g/mol. The van der Waals surface area contributed by atoms with Gasteiger partial charge in [0.25, 0.3) is 0 Å². The Kier molecular flexibility index (Phi) is 8.88. The molecule has 0 aliphatic carbocycles. The number of rotatable bonds is 6. The van der Waals surface area contributed by atoms with Gasteiger partial charge in [0, 0.05) is 18.5 Å². The highest BCUT2D eigenvalue weighted by Gasteiger charge is 2.31. The standard InChI is InChI=1S/C13H21FN2O2.CO2/c1-5-9(10(6-2)13(17)18-7-3)11-8-15-16(4)12(11)14;2-1-3/h8-10H,5-7H2,1-4H3;/t9-,10?;/m0./s1. The minimum atomic E-state index is -0.371. The second-order valence-electron chi connectivity index (χ2n) is 4.38. The minimum Gasteiger partial charge on any atom is -0.466 e. The van der Waals surface area contributed by atoms with E-state index in [-0.39, 0.29) is 29.9 Å². The van der Waals surface area contributed by atoms with Crippen LogP contribution in [0.4, 0.5) is 4.39 Å². The van der Waals surface area contributed by atoms with Crippen LogP contribution in [-0.2, 0) is 26.2 Å². The molecule has 1 aromatic rings. The van der Waals surface area contributed by atoms with E-state index in [1.807, 2.05) is 13.8 Å². The maximum Gasteiger partial charge on any atom is 0.373 e. The third-order valence-electron chi connectivity index (χ3n) is 3.25. The lowest BCUT2D eigenvalue weighted by atomic mass is 9.83. The molecule has 0 aliphatic heterocycles. The number of esters is 1. The van der Waals surface area contributed by atoms with Gasteiger partial charge in [-0.3, -0.25) is 4.79 Å². The number of aromatic nitrogens is 2. The van der Waals surface area contributed by atoms with Crippen molar-refractivity contribution in [3.8, 4) is 0 Å². The van der Waals surface area contributed by atoms with Gasteiger partial charge in [-0.2, -0.15) is 19.1 Å². The number of nitrogens with zero attached hydrogens (tertiary/aromatic N) is 2. The van der Waals surface area contributed by atoms with Crippen molar-refractivity contribution in [3.05, 3.63) is 17.7 Å². The van der Waals surface area contributed by atoms with Crippen LogP contribution < -0.4 is 0 Å². The third-order valence-corrected chi connectivity index (χ3v) is 3.25. The predicted molar refractivity (Wildman–Crippen MR) is 71.6 cm³/mol. The third kappa shape index (κ3) is 5.11. The molecular weight excluding hydrogens is 279 g/mol. The molecule has 0 aliphatic rings. The lowest BCUT2D eigenvalue weighted by Crippen LogP contribution is -2.24. The molecular formula is C14H21FN2O4. The molecule has 0 bridgehead atoms. The molecule has 0 saturated heterocycles. The van der Waals surface area contributed by atoms with E-state index in [0.717, 1.165) is 0 Å².